The molecule has 0 fully saturated rings. The molecule has 1 heterocycles. The number of ether oxygens (including phenoxy) is 2. The fraction of sp³-hybridized carbons (Fsp3) is 0.409. The van der Waals surface area contributed by atoms with E-state index in [0.717, 1.165) is 22.6 Å². The van der Waals surface area contributed by atoms with Gasteiger partial charge in [0.25, 0.3) is 0 Å². The van der Waals surface area contributed by atoms with Gasteiger partial charge < -0.3 is 25.2 Å². The summed E-state index contributed by atoms with van der Waals surface area (Å²) in [5.41, 5.74) is 2.14. The van der Waals surface area contributed by atoms with E-state index in [4.69, 9.17) is 9.47 Å². The molecule has 28 heavy (non-hydrogen) atoms. The SMILES string of the molecule is CN=C(NCC(CO)c1ccccc1)NCC(C)(C)c1ccc2c(c1)OCO2. The molecule has 2 aromatic carbocycles. The highest BCUT2D eigenvalue weighted by Crippen LogP contribution is 2.36. The van der Waals surface area contributed by atoms with Crippen molar-refractivity contribution in [2.75, 3.05) is 33.5 Å². The van der Waals surface area contributed by atoms with E-state index >= 15 is 0 Å². The average molecular weight is 383 g/mol. The summed E-state index contributed by atoms with van der Waals surface area (Å²) in [5, 5.41) is 16.4. The molecule has 3 rings (SSSR count). The molecule has 0 bridgehead atoms. The molecule has 0 radical (unpaired) electrons. The van der Waals surface area contributed by atoms with Gasteiger partial charge in [0.05, 0.1) is 6.61 Å². The zero-order chi connectivity index (χ0) is 20.0. The van der Waals surface area contributed by atoms with E-state index in [2.05, 4.69) is 35.5 Å². The highest BCUT2D eigenvalue weighted by Gasteiger charge is 2.24. The minimum atomic E-state index is -0.131. The van der Waals surface area contributed by atoms with Crippen LogP contribution in [-0.2, 0) is 5.41 Å². The van der Waals surface area contributed by atoms with Crippen LogP contribution in [0.5, 0.6) is 11.5 Å². The Morgan fingerprint density at radius 1 is 1.11 bits per heavy atom. The summed E-state index contributed by atoms with van der Waals surface area (Å²) in [6, 6.07) is 16.1. The van der Waals surface area contributed by atoms with Crippen molar-refractivity contribution in [2.24, 2.45) is 4.99 Å². The van der Waals surface area contributed by atoms with Gasteiger partial charge in [0, 0.05) is 31.5 Å². The number of guanidine groups is 1. The lowest BCUT2D eigenvalue weighted by Gasteiger charge is -2.27. The zero-order valence-electron chi connectivity index (χ0n) is 16.7. The summed E-state index contributed by atoms with van der Waals surface area (Å²) in [4.78, 5) is 4.31. The Balaban J connectivity index is 1.57. The van der Waals surface area contributed by atoms with Crippen LogP contribution in [0.15, 0.2) is 53.5 Å². The molecule has 6 heteroatoms. The molecule has 3 N–H and O–H groups in total. The van der Waals surface area contributed by atoms with Gasteiger partial charge in [-0.15, -0.1) is 0 Å². The Morgan fingerprint density at radius 3 is 2.57 bits per heavy atom. The maximum absolute atomic E-state index is 9.73. The summed E-state index contributed by atoms with van der Waals surface area (Å²) in [5.74, 6) is 2.31. The Hall–Kier alpha value is -2.73. The molecule has 1 unspecified atom stereocenters. The van der Waals surface area contributed by atoms with Crippen LogP contribution in [0.1, 0.15) is 30.9 Å². The van der Waals surface area contributed by atoms with Crippen LogP contribution in [0.3, 0.4) is 0 Å². The fourth-order valence-corrected chi connectivity index (χ4v) is 3.18. The molecule has 150 valence electrons. The molecule has 0 saturated carbocycles. The first kappa shape index (κ1) is 20.0. The molecule has 0 aromatic heterocycles. The predicted octanol–water partition coefficient (Wildman–Crippen LogP) is 2.63. The van der Waals surface area contributed by atoms with Gasteiger partial charge in [-0.25, -0.2) is 0 Å². The molecule has 6 nitrogen and oxygen atoms in total. The molecule has 1 aliphatic rings. The number of fused-ring (bicyclic) bond motifs is 1. The summed E-state index contributed by atoms with van der Waals surface area (Å²) < 4.78 is 10.9. The van der Waals surface area contributed by atoms with Gasteiger partial charge in [-0.05, 0) is 23.3 Å². The van der Waals surface area contributed by atoms with Gasteiger partial charge in [-0.3, -0.25) is 4.99 Å². The lowest BCUT2D eigenvalue weighted by Crippen LogP contribution is -2.44. The molecule has 2 aromatic rings. The summed E-state index contributed by atoms with van der Waals surface area (Å²) in [6.07, 6.45) is 0. The minimum absolute atomic E-state index is 0.0154. The number of aliphatic imine (C=N–C) groups is 1. The Morgan fingerprint density at radius 2 is 1.86 bits per heavy atom. The van der Waals surface area contributed by atoms with Crippen molar-refractivity contribution in [1.82, 2.24) is 10.6 Å². The Labute approximate surface area is 166 Å². The number of aliphatic hydroxyl groups is 1. The quantitative estimate of drug-likeness (QED) is 0.506. The largest absolute Gasteiger partial charge is 0.454 e. The van der Waals surface area contributed by atoms with E-state index in [9.17, 15) is 5.11 Å². The molecule has 0 aliphatic carbocycles. The van der Waals surface area contributed by atoms with E-state index in [1.807, 2.05) is 42.5 Å². The molecule has 0 saturated heterocycles. The first-order valence-electron chi connectivity index (χ1n) is 9.54. The summed E-state index contributed by atoms with van der Waals surface area (Å²) in [7, 11) is 1.75. The normalized spacial score (nSPS) is 14.6. The third kappa shape index (κ3) is 4.75. The standard InChI is InChI=1S/C22H29N3O3/c1-22(2,18-9-10-19-20(11-18)28-15-27-19)14-25-21(23-3)24-12-17(13-26)16-7-5-4-6-8-16/h4-11,17,26H,12-15H2,1-3H3,(H2,23,24,25). The molecular weight excluding hydrogens is 354 g/mol. The molecule has 1 aliphatic heterocycles. The van der Waals surface area contributed by atoms with Crippen LogP contribution in [0.2, 0.25) is 0 Å². The summed E-state index contributed by atoms with van der Waals surface area (Å²) >= 11 is 0. The number of benzene rings is 2. The van der Waals surface area contributed by atoms with E-state index < -0.39 is 0 Å². The maximum Gasteiger partial charge on any atom is 0.231 e. The predicted molar refractivity (Wildman–Crippen MR) is 111 cm³/mol. The van der Waals surface area contributed by atoms with Crippen LogP contribution in [0.4, 0.5) is 0 Å². The smallest absolute Gasteiger partial charge is 0.231 e. The summed E-state index contributed by atoms with van der Waals surface area (Å²) in [6.45, 7) is 6.00. The van der Waals surface area contributed by atoms with Gasteiger partial charge in [0.2, 0.25) is 6.79 Å². The molecular formula is C22H29N3O3. The lowest BCUT2D eigenvalue weighted by molar-refractivity contribution is 0.174. The van der Waals surface area contributed by atoms with Gasteiger partial charge in [-0.1, -0.05) is 50.2 Å². The third-order valence-corrected chi connectivity index (χ3v) is 5.08. The highest BCUT2D eigenvalue weighted by molar-refractivity contribution is 5.79. The van der Waals surface area contributed by atoms with Crippen LogP contribution >= 0.6 is 0 Å². The minimum Gasteiger partial charge on any atom is -0.454 e. The lowest BCUT2D eigenvalue weighted by atomic mass is 9.84. The Kier molecular flexibility index (Phi) is 6.41. The number of hydrogen-bond donors (Lipinski definition) is 3. The van der Waals surface area contributed by atoms with Crippen molar-refractivity contribution in [1.29, 1.82) is 0 Å². The van der Waals surface area contributed by atoms with Crippen LogP contribution in [-0.4, -0.2) is 44.6 Å². The average Bonchev–Trinajstić information content (AvgIpc) is 3.19. The zero-order valence-corrected chi connectivity index (χ0v) is 16.7. The van der Waals surface area contributed by atoms with Gasteiger partial charge in [-0.2, -0.15) is 0 Å². The van der Waals surface area contributed by atoms with Crippen molar-refractivity contribution >= 4 is 5.96 Å². The maximum atomic E-state index is 9.73. The van der Waals surface area contributed by atoms with Gasteiger partial charge in [0.1, 0.15) is 0 Å². The topological polar surface area (TPSA) is 75.1 Å². The first-order chi connectivity index (χ1) is 13.5. The van der Waals surface area contributed by atoms with E-state index in [-0.39, 0.29) is 24.7 Å². The number of rotatable bonds is 7. The number of nitrogens with zero attached hydrogens (tertiary/aromatic N) is 1. The van der Waals surface area contributed by atoms with E-state index in [1.54, 1.807) is 7.05 Å². The van der Waals surface area contributed by atoms with Gasteiger partial charge in [0.15, 0.2) is 17.5 Å². The molecule has 1 atom stereocenters. The van der Waals surface area contributed by atoms with E-state index in [0.29, 0.717) is 19.0 Å². The van der Waals surface area contributed by atoms with Crippen molar-refractivity contribution in [2.45, 2.75) is 25.2 Å². The number of aliphatic hydroxyl groups excluding tert-OH is 1. The van der Waals surface area contributed by atoms with Crippen molar-refractivity contribution < 1.29 is 14.6 Å². The van der Waals surface area contributed by atoms with Crippen molar-refractivity contribution in [3.05, 3.63) is 59.7 Å². The first-order valence-corrected chi connectivity index (χ1v) is 9.54. The van der Waals surface area contributed by atoms with E-state index in [1.165, 1.54) is 0 Å². The third-order valence-electron chi connectivity index (χ3n) is 5.08. The van der Waals surface area contributed by atoms with Crippen LogP contribution in [0, 0.1) is 0 Å². The monoisotopic (exact) mass is 383 g/mol. The van der Waals surface area contributed by atoms with Crippen molar-refractivity contribution in [3.8, 4) is 11.5 Å². The second-order valence-electron chi connectivity index (χ2n) is 7.55. The molecule has 0 amide bonds. The highest BCUT2D eigenvalue weighted by atomic mass is 16.7. The number of nitrogens with one attached hydrogen (secondary N) is 2. The van der Waals surface area contributed by atoms with Crippen molar-refractivity contribution in [3.63, 3.8) is 0 Å². The second kappa shape index (κ2) is 8.97. The van der Waals surface area contributed by atoms with Crippen LogP contribution < -0.4 is 20.1 Å². The second-order valence-corrected chi connectivity index (χ2v) is 7.55. The number of hydrogen-bond acceptors (Lipinski definition) is 4. The van der Waals surface area contributed by atoms with Gasteiger partial charge >= 0.3 is 0 Å². The van der Waals surface area contributed by atoms with Crippen LogP contribution in [0.25, 0.3) is 0 Å². The fourth-order valence-electron chi connectivity index (χ4n) is 3.18. The molecule has 0 spiro atoms. The Bertz CT molecular complexity index is 806.